The van der Waals surface area contributed by atoms with Crippen LogP contribution in [-0.4, -0.2) is 18.1 Å². The number of pyridine rings is 1. The molecule has 4 heteroatoms. The molecule has 0 radical (unpaired) electrons. The minimum Gasteiger partial charge on any atom is -0.317 e. The molecule has 1 fully saturated rings. The van der Waals surface area contributed by atoms with E-state index >= 15 is 0 Å². The number of hydrogen-bond donors (Lipinski definition) is 1. The van der Waals surface area contributed by atoms with E-state index in [4.69, 9.17) is 23.2 Å². The molecule has 1 N–H and O–H groups in total. The van der Waals surface area contributed by atoms with Crippen molar-refractivity contribution in [3.8, 4) is 11.1 Å². The van der Waals surface area contributed by atoms with Gasteiger partial charge < -0.3 is 5.32 Å². The van der Waals surface area contributed by atoms with Gasteiger partial charge in [0.2, 0.25) is 0 Å². The fraction of sp³-hybridized carbons (Fsp3) is 0.227. The first-order valence-corrected chi connectivity index (χ1v) is 9.62. The third-order valence-corrected chi connectivity index (χ3v) is 6.12. The maximum Gasteiger partial charge on any atom is 0.0595 e. The van der Waals surface area contributed by atoms with Gasteiger partial charge in [0.15, 0.2) is 0 Å². The molecule has 1 saturated heterocycles. The topological polar surface area (TPSA) is 24.9 Å². The van der Waals surface area contributed by atoms with Gasteiger partial charge in [-0.2, -0.15) is 0 Å². The normalized spacial score (nSPS) is 16.4. The van der Waals surface area contributed by atoms with Crippen LogP contribution in [0.15, 0.2) is 67.0 Å². The van der Waals surface area contributed by atoms with Gasteiger partial charge in [-0.05, 0) is 72.5 Å². The lowest BCUT2D eigenvalue weighted by atomic mass is 9.68. The first-order chi connectivity index (χ1) is 12.7. The molecule has 132 valence electrons. The average Bonchev–Trinajstić information content (AvgIpc) is 2.71. The predicted molar refractivity (Wildman–Crippen MR) is 109 cm³/mol. The number of aromatic nitrogens is 1. The quantitative estimate of drug-likeness (QED) is 0.625. The van der Waals surface area contributed by atoms with E-state index in [1.165, 1.54) is 22.3 Å². The zero-order valence-corrected chi connectivity index (χ0v) is 15.9. The third kappa shape index (κ3) is 3.25. The van der Waals surface area contributed by atoms with E-state index in [1.54, 1.807) is 0 Å². The first-order valence-electron chi connectivity index (χ1n) is 8.86. The molecule has 0 unspecified atom stereocenters. The van der Waals surface area contributed by atoms with E-state index in [0.717, 1.165) is 25.9 Å². The second kappa shape index (κ2) is 7.40. The molecule has 4 rings (SSSR count). The van der Waals surface area contributed by atoms with Gasteiger partial charge in [0, 0.05) is 17.8 Å². The van der Waals surface area contributed by atoms with Gasteiger partial charge in [-0.1, -0.05) is 53.5 Å². The molecular weight excluding hydrogens is 363 g/mol. The van der Waals surface area contributed by atoms with Crippen LogP contribution in [0.3, 0.4) is 0 Å². The first kappa shape index (κ1) is 17.5. The van der Waals surface area contributed by atoms with E-state index in [-0.39, 0.29) is 5.41 Å². The fourth-order valence-electron chi connectivity index (χ4n) is 3.92. The highest BCUT2D eigenvalue weighted by Gasteiger charge is 2.36. The second-order valence-electron chi connectivity index (χ2n) is 6.77. The monoisotopic (exact) mass is 382 g/mol. The van der Waals surface area contributed by atoms with Gasteiger partial charge in [0.1, 0.15) is 0 Å². The van der Waals surface area contributed by atoms with E-state index in [9.17, 15) is 0 Å². The summed E-state index contributed by atoms with van der Waals surface area (Å²) in [5, 5.41) is 4.70. The van der Waals surface area contributed by atoms with Crippen molar-refractivity contribution < 1.29 is 0 Å². The molecule has 0 saturated carbocycles. The lowest BCUT2D eigenvalue weighted by molar-refractivity contribution is 0.362. The van der Waals surface area contributed by atoms with Gasteiger partial charge in [0.05, 0.1) is 10.0 Å². The van der Waals surface area contributed by atoms with Gasteiger partial charge in [-0.3, -0.25) is 4.98 Å². The summed E-state index contributed by atoms with van der Waals surface area (Å²) in [4.78, 5) is 4.10. The Hall–Kier alpha value is -1.87. The van der Waals surface area contributed by atoms with Crippen molar-refractivity contribution >= 4 is 23.2 Å². The summed E-state index contributed by atoms with van der Waals surface area (Å²) in [7, 11) is 0. The zero-order valence-electron chi connectivity index (χ0n) is 14.4. The number of halogens is 2. The Balaban J connectivity index is 1.76. The summed E-state index contributed by atoms with van der Waals surface area (Å²) >= 11 is 12.5. The van der Waals surface area contributed by atoms with Gasteiger partial charge in [0.25, 0.3) is 0 Å². The summed E-state index contributed by atoms with van der Waals surface area (Å²) < 4.78 is 0. The summed E-state index contributed by atoms with van der Waals surface area (Å²) in [5.41, 5.74) is 4.92. The summed E-state index contributed by atoms with van der Waals surface area (Å²) in [6, 6.07) is 19.0. The molecule has 1 aromatic heterocycles. The molecule has 0 bridgehead atoms. The van der Waals surface area contributed by atoms with E-state index in [2.05, 4.69) is 40.6 Å². The number of rotatable bonds is 3. The highest BCUT2D eigenvalue weighted by Crippen LogP contribution is 2.42. The van der Waals surface area contributed by atoms with Crippen LogP contribution < -0.4 is 5.32 Å². The summed E-state index contributed by atoms with van der Waals surface area (Å²) in [6.07, 6.45) is 5.74. The molecule has 2 aromatic carbocycles. The smallest absolute Gasteiger partial charge is 0.0595 e. The highest BCUT2D eigenvalue weighted by atomic mass is 35.5. The van der Waals surface area contributed by atoms with E-state index in [0.29, 0.717) is 10.0 Å². The number of nitrogens with one attached hydrogen (secondary N) is 1. The Morgan fingerprint density at radius 3 is 2.00 bits per heavy atom. The molecule has 0 atom stereocenters. The summed E-state index contributed by atoms with van der Waals surface area (Å²) in [6.45, 7) is 1.98. The number of nitrogens with zero attached hydrogens (tertiary/aromatic N) is 1. The molecule has 1 aliphatic heterocycles. The van der Waals surface area contributed by atoms with Crippen LogP contribution >= 0.6 is 23.2 Å². The van der Waals surface area contributed by atoms with Crippen molar-refractivity contribution in [1.29, 1.82) is 0 Å². The lowest BCUT2D eigenvalue weighted by Gasteiger charge is -2.39. The Kier molecular flexibility index (Phi) is 4.99. The molecule has 0 aliphatic carbocycles. The maximum absolute atomic E-state index is 6.33. The van der Waals surface area contributed by atoms with Gasteiger partial charge in [-0.25, -0.2) is 0 Å². The van der Waals surface area contributed by atoms with Crippen molar-refractivity contribution in [2.75, 3.05) is 13.1 Å². The lowest BCUT2D eigenvalue weighted by Crippen LogP contribution is -2.40. The van der Waals surface area contributed by atoms with Crippen LogP contribution in [0.2, 0.25) is 10.0 Å². The van der Waals surface area contributed by atoms with E-state index in [1.807, 2.05) is 36.7 Å². The fourth-order valence-corrected chi connectivity index (χ4v) is 4.22. The molecular formula is C22H20Cl2N2. The molecule has 26 heavy (non-hydrogen) atoms. The number of benzene rings is 2. The number of hydrogen-bond acceptors (Lipinski definition) is 2. The molecule has 3 aromatic rings. The molecule has 2 nitrogen and oxygen atoms in total. The van der Waals surface area contributed by atoms with Crippen molar-refractivity contribution in [3.05, 3.63) is 88.2 Å². The Bertz CT molecular complexity index is 886. The van der Waals surface area contributed by atoms with Crippen molar-refractivity contribution in [3.63, 3.8) is 0 Å². The second-order valence-corrected chi connectivity index (χ2v) is 7.59. The highest BCUT2D eigenvalue weighted by molar-refractivity contribution is 6.42. The molecule has 0 amide bonds. The van der Waals surface area contributed by atoms with Crippen molar-refractivity contribution in [2.24, 2.45) is 0 Å². The van der Waals surface area contributed by atoms with Gasteiger partial charge in [-0.15, -0.1) is 0 Å². The zero-order chi connectivity index (χ0) is 18.0. The predicted octanol–water partition coefficient (Wildman–Crippen LogP) is 5.72. The van der Waals surface area contributed by atoms with Gasteiger partial charge >= 0.3 is 0 Å². The van der Waals surface area contributed by atoms with Crippen LogP contribution in [-0.2, 0) is 5.41 Å². The van der Waals surface area contributed by atoms with Crippen LogP contribution in [0.25, 0.3) is 11.1 Å². The van der Waals surface area contributed by atoms with Crippen molar-refractivity contribution in [2.45, 2.75) is 18.3 Å². The standard InChI is InChI=1S/C22H20Cl2N2/c23-20-6-5-19(15-21(20)24)22(9-13-26-14-10-22)18-3-1-16(2-4-18)17-7-11-25-12-8-17/h1-8,11-12,15,26H,9-10,13-14H2. The largest absolute Gasteiger partial charge is 0.317 e. The molecule has 0 spiro atoms. The minimum absolute atomic E-state index is 0.0315. The maximum atomic E-state index is 6.33. The third-order valence-electron chi connectivity index (χ3n) is 5.38. The minimum atomic E-state index is -0.0315. The van der Waals surface area contributed by atoms with Crippen molar-refractivity contribution in [1.82, 2.24) is 10.3 Å². The Morgan fingerprint density at radius 2 is 1.35 bits per heavy atom. The molecule has 1 aliphatic rings. The number of piperidine rings is 1. The van der Waals surface area contributed by atoms with E-state index < -0.39 is 0 Å². The SMILES string of the molecule is Clc1ccc(C2(c3ccc(-c4ccncc4)cc3)CCNCC2)cc1Cl. The Morgan fingerprint density at radius 1 is 0.731 bits per heavy atom. The summed E-state index contributed by atoms with van der Waals surface area (Å²) in [5.74, 6) is 0. The molecule has 2 heterocycles. The van der Waals surface area contributed by atoms with Crippen LogP contribution in [0.5, 0.6) is 0 Å². The van der Waals surface area contributed by atoms with Crippen LogP contribution in [0.1, 0.15) is 24.0 Å². The Labute approximate surface area is 164 Å². The van der Waals surface area contributed by atoms with Crippen LogP contribution in [0, 0.1) is 0 Å². The average molecular weight is 383 g/mol. The van der Waals surface area contributed by atoms with Crippen LogP contribution in [0.4, 0.5) is 0 Å².